The van der Waals surface area contributed by atoms with Crippen molar-refractivity contribution in [3.05, 3.63) is 65.2 Å². The van der Waals surface area contributed by atoms with Crippen LogP contribution in [0.5, 0.6) is 0 Å². The number of carbonyl (C=O) groups is 1. The van der Waals surface area contributed by atoms with Gasteiger partial charge >= 0.3 is 0 Å². The van der Waals surface area contributed by atoms with E-state index in [1.165, 1.54) is 5.56 Å². The monoisotopic (exact) mass is 295 g/mol. The van der Waals surface area contributed by atoms with Gasteiger partial charge in [-0.1, -0.05) is 29.8 Å². The molecule has 4 nitrogen and oxygen atoms in total. The molecule has 1 N–H and O–H groups in total. The molecule has 0 spiro atoms. The Morgan fingerprint density at radius 1 is 0.955 bits per heavy atom. The normalized spacial score (nSPS) is 11.2. The van der Waals surface area contributed by atoms with E-state index in [2.05, 4.69) is 10.5 Å². The molecule has 1 amide bonds. The molecule has 4 heteroatoms. The molecule has 0 radical (unpaired) electrons. The molecule has 22 heavy (non-hydrogen) atoms. The Kier molecular flexibility index (Phi) is 4.94. The van der Waals surface area contributed by atoms with E-state index >= 15 is 0 Å². The zero-order valence-electron chi connectivity index (χ0n) is 13.4. The number of hydrogen-bond donors (Lipinski definition) is 1. The molecule has 0 aliphatic carbocycles. The Labute approximate surface area is 131 Å². The molecule has 114 valence electrons. The van der Waals surface area contributed by atoms with E-state index in [0.29, 0.717) is 5.56 Å². The molecule has 0 heterocycles. The van der Waals surface area contributed by atoms with Crippen LogP contribution in [0.15, 0.2) is 53.6 Å². The molecular formula is C18H21N3O. The summed E-state index contributed by atoms with van der Waals surface area (Å²) in [6.45, 7) is 3.91. The van der Waals surface area contributed by atoms with Gasteiger partial charge in [0.2, 0.25) is 0 Å². The van der Waals surface area contributed by atoms with Crippen molar-refractivity contribution < 1.29 is 4.79 Å². The van der Waals surface area contributed by atoms with Crippen molar-refractivity contribution in [1.82, 2.24) is 5.43 Å². The minimum absolute atomic E-state index is 0.211. The van der Waals surface area contributed by atoms with E-state index in [-0.39, 0.29) is 5.91 Å². The molecule has 2 aromatic carbocycles. The summed E-state index contributed by atoms with van der Waals surface area (Å²) >= 11 is 0. The third kappa shape index (κ3) is 3.95. The van der Waals surface area contributed by atoms with Crippen LogP contribution in [0.3, 0.4) is 0 Å². The van der Waals surface area contributed by atoms with Gasteiger partial charge in [-0.25, -0.2) is 5.43 Å². The third-order valence-corrected chi connectivity index (χ3v) is 3.44. The second-order valence-corrected chi connectivity index (χ2v) is 5.45. The topological polar surface area (TPSA) is 44.7 Å². The molecule has 0 fully saturated rings. The van der Waals surface area contributed by atoms with Crippen LogP contribution in [0.25, 0.3) is 0 Å². The average Bonchev–Trinajstić information content (AvgIpc) is 2.53. The zero-order valence-corrected chi connectivity index (χ0v) is 13.4. The summed E-state index contributed by atoms with van der Waals surface area (Å²) in [4.78, 5) is 14.1. The SMILES string of the molecule is CC(=NNC(=O)c1ccc(N(C)C)cc1)c1ccc(C)cc1. The molecule has 0 saturated heterocycles. The fourth-order valence-electron chi connectivity index (χ4n) is 1.97. The summed E-state index contributed by atoms with van der Waals surface area (Å²) in [5, 5.41) is 4.16. The van der Waals surface area contributed by atoms with E-state index in [1.807, 2.05) is 69.2 Å². The lowest BCUT2D eigenvalue weighted by molar-refractivity contribution is 0.0955. The van der Waals surface area contributed by atoms with Gasteiger partial charge in [-0.05, 0) is 43.7 Å². The average molecular weight is 295 g/mol. The van der Waals surface area contributed by atoms with Crippen molar-refractivity contribution in [3.63, 3.8) is 0 Å². The Morgan fingerprint density at radius 2 is 1.50 bits per heavy atom. The van der Waals surface area contributed by atoms with Crippen molar-refractivity contribution in [3.8, 4) is 0 Å². The van der Waals surface area contributed by atoms with Crippen LogP contribution >= 0.6 is 0 Å². The van der Waals surface area contributed by atoms with Gasteiger partial charge < -0.3 is 4.90 Å². The smallest absolute Gasteiger partial charge is 0.271 e. The molecule has 0 unspecified atom stereocenters. The molecule has 0 aliphatic heterocycles. The molecule has 2 rings (SSSR count). The highest BCUT2D eigenvalue weighted by Crippen LogP contribution is 2.12. The van der Waals surface area contributed by atoms with Crippen LogP contribution in [0, 0.1) is 6.92 Å². The van der Waals surface area contributed by atoms with Gasteiger partial charge in [0.1, 0.15) is 0 Å². The number of nitrogens with zero attached hydrogens (tertiary/aromatic N) is 2. The van der Waals surface area contributed by atoms with Crippen LogP contribution in [-0.2, 0) is 0 Å². The first kappa shape index (κ1) is 15.8. The number of benzene rings is 2. The second-order valence-electron chi connectivity index (χ2n) is 5.45. The van der Waals surface area contributed by atoms with Gasteiger partial charge in [-0.2, -0.15) is 5.10 Å². The minimum Gasteiger partial charge on any atom is -0.378 e. The van der Waals surface area contributed by atoms with Gasteiger partial charge in [-0.3, -0.25) is 4.79 Å². The van der Waals surface area contributed by atoms with Gasteiger partial charge in [-0.15, -0.1) is 0 Å². The van der Waals surface area contributed by atoms with E-state index in [1.54, 1.807) is 12.1 Å². The van der Waals surface area contributed by atoms with Crippen LogP contribution in [-0.4, -0.2) is 25.7 Å². The van der Waals surface area contributed by atoms with E-state index in [4.69, 9.17) is 0 Å². The number of rotatable bonds is 4. The summed E-state index contributed by atoms with van der Waals surface area (Å²) < 4.78 is 0. The highest BCUT2D eigenvalue weighted by atomic mass is 16.2. The number of anilines is 1. The van der Waals surface area contributed by atoms with Crippen molar-refractivity contribution in [2.75, 3.05) is 19.0 Å². The Hall–Kier alpha value is -2.62. The highest BCUT2D eigenvalue weighted by molar-refractivity contribution is 6.00. The van der Waals surface area contributed by atoms with E-state index in [0.717, 1.165) is 17.0 Å². The lowest BCUT2D eigenvalue weighted by atomic mass is 10.1. The van der Waals surface area contributed by atoms with Crippen molar-refractivity contribution >= 4 is 17.3 Å². The minimum atomic E-state index is -0.211. The van der Waals surface area contributed by atoms with Gasteiger partial charge in [0.25, 0.3) is 5.91 Å². The summed E-state index contributed by atoms with van der Waals surface area (Å²) in [6, 6.07) is 15.4. The van der Waals surface area contributed by atoms with Crippen molar-refractivity contribution in [1.29, 1.82) is 0 Å². The fraction of sp³-hybridized carbons (Fsp3) is 0.222. The predicted octanol–water partition coefficient (Wildman–Crippen LogP) is 3.22. The lowest BCUT2D eigenvalue weighted by Gasteiger charge is -2.12. The van der Waals surface area contributed by atoms with Crippen LogP contribution in [0.4, 0.5) is 5.69 Å². The molecule has 0 atom stereocenters. The van der Waals surface area contributed by atoms with Crippen LogP contribution in [0.2, 0.25) is 0 Å². The first-order chi connectivity index (χ1) is 10.5. The largest absolute Gasteiger partial charge is 0.378 e. The Bertz CT molecular complexity index is 670. The number of aryl methyl sites for hydroxylation is 1. The van der Waals surface area contributed by atoms with Crippen molar-refractivity contribution in [2.45, 2.75) is 13.8 Å². The van der Waals surface area contributed by atoms with Gasteiger partial charge in [0.15, 0.2) is 0 Å². The molecule has 2 aromatic rings. The summed E-state index contributed by atoms with van der Waals surface area (Å²) in [5.74, 6) is -0.211. The number of carbonyl (C=O) groups excluding carboxylic acids is 1. The molecular weight excluding hydrogens is 274 g/mol. The molecule has 0 saturated carbocycles. The van der Waals surface area contributed by atoms with Crippen LogP contribution < -0.4 is 10.3 Å². The zero-order chi connectivity index (χ0) is 16.1. The van der Waals surface area contributed by atoms with Crippen molar-refractivity contribution in [2.24, 2.45) is 5.10 Å². The molecule has 0 bridgehead atoms. The predicted molar refractivity (Wildman–Crippen MR) is 91.6 cm³/mol. The maximum Gasteiger partial charge on any atom is 0.271 e. The van der Waals surface area contributed by atoms with Crippen LogP contribution in [0.1, 0.15) is 28.4 Å². The maximum atomic E-state index is 12.1. The molecule has 0 aliphatic rings. The summed E-state index contributed by atoms with van der Waals surface area (Å²) in [7, 11) is 3.93. The number of amides is 1. The summed E-state index contributed by atoms with van der Waals surface area (Å²) in [5.41, 5.74) is 7.20. The Balaban J connectivity index is 2.05. The summed E-state index contributed by atoms with van der Waals surface area (Å²) in [6.07, 6.45) is 0. The quantitative estimate of drug-likeness (QED) is 0.695. The fourth-order valence-corrected chi connectivity index (χ4v) is 1.97. The maximum absolute atomic E-state index is 12.1. The lowest BCUT2D eigenvalue weighted by Crippen LogP contribution is -2.19. The molecule has 0 aromatic heterocycles. The first-order valence-corrected chi connectivity index (χ1v) is 7.16. The standard InChI is InChI=1S/C18H21N3O/c1-13-5-7-15(8-6-13)14(2)19-20-18(22)16-9-11-17(12-10-16)21(3)4/h5-12H,1-4H3,(H,20,22). The second kappa shape index (κ2) is 6.89. The Morgan fingerprint density at radius 3 is 2.05 bits per heavy atom. The number of hydrogen-bond acceptors (Lipinski definition) is 3. The third-order valence-electron chi connectivity index (χ3n) is 3.44. The van der Waals surface area contributed by atoms with E-state index in [9.17, 15) is 4.79 Å². The number of nitrogens with one attached hydrogen (secondary N) is 1. The first-order valence-electron chi connectivity index (χ1n) is 7.16. The van der Waals surface area contributed by atoms with Gasteiger partial charge in [0.05, 0.1) is 5.71 Å². The highest BCUT2D eigenvalue weighted by Gasteiger charge is 2.05. The van der Waals surface area contributed by atoms with Gasteiger partial charge in [0, 0.05) is 25.3 Å². The van der Waals surface area contributed by atoms with E-state index < -0.39 is 0 Å². The number of hydrazone groups is 1.